The van der Waals surface area contributed by atoms with Crippen LogP contribution in [0.4, 0.5) is 11.8 Å². The molecule has 3 rings (SSSR count). The average Bonchev–Trinajstić information content (AvgIpc) is 2.66. The fraction of sp³-hybridized carbons (Fsp3) is 0.250. The van der Waals surface area contributed by atoms with Crippen molar-refractivity contribution < 1.29 is 4.74 Å². The van der Waals surface area contributed by atoms with Crippen LogP contribution in [0.25, 0.3) is 11.3 Å². The average molecular weight is 349 g/mol. The predicted molar refractivity (Wildman–Crippen MR) is 104 cm³/mol. The van der Waals surface area contributed by atoms with Crippen LogP contribution in [0, 0.1) is 0 Å². The number of hydrogen-bond acceptors (Lipinski definition) is 6. The van der Waals surface area contributed by atoms with Crippen molar-refractivity contribution in [3.63, 3.8) is 0 Å². The Bertz CT molecular complexity index is 852. The second kappa shape index (κ2) is 8.29. The van der Waals surface area contributed by atoms with Gasteiger partial charge in [0.05, 0.1) is 12.8 Å². The number of benzene rings is 1. The van der Waals surface area contributed by atoms with Gasteiger partial charge in [-0.2, -0.15) is 4.98 Å². The topological polar surface area (TPSA) is 72.0 Å². The predicted octanol–water partition coefficient (Wildman–Crippen LogP) is 3.98. The standard InChI is InChI=1S/C20H23N5O/c1-14(2)23-20-24-17(15-8-10-21-11-9-15)12-19(25-20)22-13-16-6-4-5-7-18(16)26-3/h4-12,14H,13H2,1-3H3,(H2,22,23,24,25). The zero-order valence-corrected chi connectivity index (χ0v) is 15.2. The van der Waals surface area contributed by atoms with Crippen LogP contribution < -0.4 is 15.4 Å². The lowest BCUT2D eigenvalue weighted by molar-refractivity contribution is 0.410. The van der Waals surface area contributed by atoms with Crippen molar-refractivity contribution in [1.82, 2.24) is 15.0 Å². The van der Waals surface area contributed by atoms with Gasteiger partial charge in [0.25, 0.3) is 0 Å². The minimum absolute atomic E-state index is 0.241. The van der Waals surface area contributed by atoms with Gasteiger partial charge in [0.15, 0.2) is 0 Å². The van der Waals surface area contributed by atoms with E-state index in [1.54, 1.807) is 19.5 Å². The third kappa shape index (κ3) is 4.47. The first-order valence-electron chi connectivity index (χ1n) is 8.57. The largest absolute Gasteiger partial charge is 0.496 e. The summed E-state index contributed by atoms with van der Waals surface area (Å²) in [4.78, 5) is 13.3. The molecule has 2 N–H and O–H groups in total. The summed E-state index contributed by atoms with van der Waals surface area (Å²) >= 11 is 0. The molecule has 0 saturated carbocycles. The summed E-state index contributed by atoms with van der Waals surface area (Å²) in [6.07, 6.45) is 3.52. The molecule has 1 aromatic carbocycles. The second-order valence-corrected chi connectivity index (χ2v) is 6.16. The molecule has 0 atom stereocenters. The van der Waals surface area contributed by atoms with Gasteiger partial charge in [-0.3, -0.25) is 4.98 Å². The minimum Gasteiger partial charge on any atom is -0.496 e. The first-order valence-corrected chi connectivity index (χ1v) is 8.57. The number of para-hydroxylation sites is 1. The Hall–Kier alpha value is -3.15. The number of methoxy groups -OCH3 is 1. The molecular weight excluding hydrogens is 326 g/mol. The number of anilines is 2. The number of aromatic nitrogens is 3. The second-order valence-electron chi connectivity index (χ2n) is 6.16. The fourth-order valence-corrected chi connectivity index (χ4v) is 2.57. The van der Waals surface area contributed by atoms with Gasteiger partial charge in [-0.05, 0) is 32.0 Å². The van der Waals surface area contributed by atoms with E-state index in [9.17, 15) is 0 Å². The van der Waals surface area contributed by atoms with Crippen LogP contribution in [0.15, 0.2) is 54.9 Å². The number of ether oxygens (including phenoxy) is 1. The quantitative estimate of drug-likeness (QED) is 0.672. The van der Waals surface area contributed by atoms with Gasteiger partial charge in [0.1, 0.15) is 11.6 Å². The van der Waals surface area contributed by atoms with Gasteiger partial charge in [-0.25, -0.2) is 4.98 Å². The molecule has 6 nitrogen and oxygen atoms in total. The van der Waals surface area contributed by atoms with E-state index in [1.807, 2.05) is 42.5 Å². The van der Waals surface area contributed by atoms with Crippen molar-refractivity contribution in [2.75, 3.05) is 17.7 Å². The van der Waals surface area contributed by atoms with Crippen molar-refractivity contribution in [1.29, 1.82) is 0 Å². The molecule has 0 fully saturated rings. The maximum absolute atomic E-state index is 5.41. The van der Waals surface area contributed by atoms with E-state index in [1.165, 1.54) is 0 Å². The maximum atomic E-state index is 5.41. The SMILES string of the molecule is COc1ccccc1CNc1cc(-c2ccncc2)nc(NC(C)C)n1. The van der Waals surface area contributed by atoms with Gasteiger partial charge in [-0.1, -0.05) is 18.2 Å². The highest BCUT2D eigenvalue weighted by Gasteiger charge is 2.09. The van der Waals surface area contributed by atoms with Crippen molar-refractivity contribution in [3.8, 4) is 17.0 Å². The van der Waals surface area contributed by atoms with Gasteiger partial charge in [0, 0.05) is 42.2 Å². The molecule has 0 aliphatic rings. The zero-order chi connectivity index (χ0) is 18.4. The van der Waals surface area contributed by atoms with Crippen LogP contribution in [-0.4, -0.2) is 28.1 Å². The molecule has 0 radical (unpaired) electrons. The number of pyridine rings is 1. The first-order chi connectivity index (χ1) is 12.7. The van der Waals surface area contributed by atoms with Gasteiger partial charge in [0.2, 0.25) is 5.95 Å². The van der Waals surface area contributed by atoms with E-state index in [0.29, 0.717) is 12.5 Å². The van der Waals surface area contributed by atoms with E-state index in [0.717, 1.165) is 28.4 Å². The number of nitrogens with one attached hydrogen (secondary N) is 2. The Kier molecular flexibility index (Phi) is 5.63. The molecular formula is C20H23N5O. The lowest BCUT2D eigenvalue weighted by atomic mass is 10.2. The molecule has 134 valence electrons. The van der Waals surface area contributed by atoms with Crippen LogP contribution in [0.1, 0.15) is 19.4 Å². The summed E-state index contributed by atoms with van der Waals surface area (Å²) in [5.74, 6) is 2.20. The summed E-state index contributed by atoms with van der Waals surface area (Å²) in [7, 11) is 1.68. The molecule has 0 spiro atoms. The van der Waals surface area contributed by atoms with Gasteiger partial charge < -0.3 is 15.4 Å². The van der Waals surface area contributed by atoms with Crippen LogP contribution >= 0.6 is 0 Å². The molecule has 0 bridgehead atoms. The summed E-state index contributed by atoms with van der Waals surface area (Å²) in [5, 5.41) is 6.65. The van der Waals surface area contributed by atoms with Crippen molar-refractivity contribution in [2.24, 2.45) is 0 Å². The normalized spacial score (nSPS) is 10.6. The highest BCUT2D eigenvalue weighted by Crippen LogP contribution is 2.23. The molecule has 2 aromatic heterocycles. The van der Waals surface area contributed by atoms with E-state index in [2.05, 4.69) is 39.4 Å². The van der Waals surface area contributed by atoms with Crippen LogP contribution in [0.5, 0.6) is 5.75 Å². The lowest BCUT2D eigenvalue weighted by Crippen LogP contribution is -2.14. The molecule has 0 aliphatic carbocycles. The van der Waals surface area contributed by atoms with Gasteiger partial charge >= 0.3 is 0 Å². The van der Waals surface area contributed by atoms with E-state index in [-0.39, 0.29) is 6.04 Å². The summed E-state index contributed by atoms with van der Waals surface area (Å²) < 4.78 is 5.41. The zero-order valence-electron chi connectivity index (χ0n) is 15.2. The molecule has 6 heteroatoms. The van der Waals surface area contributed by atoms with Gasteiger partial charge in [-0.15, -0.1) is 0 Å². The Labute approximate surface area is 153 Å². The molecule has 0 saturated heterocycles. The summed E-state index contributed by atoms with van der Waals surface area (Å²) in [6, 6.07) is 14.0. The molecule has 2 heterocycles. The Morgan fingerprint density at radius 2 is 1.81 bits per heavy atom. The molecule has 0 amide bonds. The smallest absolute Gasteiger partial charge is 0.225 e. The number of hydrogen-bond donors (Lipinski definition) is 2. The third-order valence-electron chi connectivity index (χ3n) is 3.77. The highest BCUT2D eigenvalue weighted by molar-refractivity contribution is 5.64. The summed E-state index contributed by atoms with van der Waals surface area (Å²) in [6.45, 7) is 4.73. The van der Waals surface area contributed by atoms with Crippen LogP contribution in [0.2, 0.25) is 0 Å². The van der Waals surface area contributed by atoms with E-state index in [4.69, 9.17) is 4.74 Å². The monoisotopic (exact) mass is 349 g/mol. The van der Waals surface area contributed by atoms with Crippen molar-refractivity contribution in [2.45, 2.75) is 26.4 Å². The van der Waals surface area contributed by atoms with Crippen LogP contribution in [0.3, 0.4) is 0 Å². The Morgan fingerprint density at radius 1 is 1.04 bits per heavy atom. The highest BCUT2D eigenvalue weighted by atomic mass is 16.5. The fourth-order valence-electron chi connectivity index (χ4n) is 2.57. The van der Waals surface area contributed by atoms with Crippen molar-refractivity contribution in [3.05, 3.63) is 60.4 Å². The third-order valence-corrected chi connectivity index (χ3v) is 3.77. The summed E-state index contributed by atoms with van der Waals surface area (Å²) in [5.41, 5.74) is 2.90. The van der Waals surface area contributed by atoms with E-state index < -0.39 is 0 Å². The Balaban J connectivity index is 1.88. The molecule has 0 unspecified atom stereocenters. The van der Waals surface area contributed by atoms with Crippen molar-refractivity contribution >= 4 is 11.8 Å². The number of rotatable bonds is 7. The molecule has 26 heavy (non-hydrogen) atoms. The first kappa shape index (κ1) is 17.7. The van der Waals surface area contributed by atoms with Crippen LogP contribution in [-0.2, 0) is 6.54 Å². The lowest BCUT2D eigenvalue weighted by Gasteiger charge is -2.14. The van der Waals surface area contributed by atoms with E-state index >= 15 is 0 Å². The Morgan fingerprint density at radius 3 is 2.54 bits per heavy atom. The number of nitrogens with zero attached hydrogens (tertiary/aromatic N) is 3. The maximum Gasteiger partial charge on any atom is 0.225 e. The molecule has 3 aromatic rings. The molecule has 0 aliphatic heterocycles. The minimum atomic E-state index is 0.241.